The van der Waals surface area contributed by atoms with Crippen molar-refractivity contribution in [2.45, 2.75) is 37.5 Å². The van der Waals surface area contributed by atoms with E-state index in [-0.39, 0.29) is 29.2 Å². The molecule has 0 aromatic heterocycles. The number of amides is 1. The molecule has 2 saturated heterocycles. The van der Waals surface area contributed by atoms with Gasteiger partial charge in [-0.1, -0.05) is 48.5 Å². The number of halogens is 1. The number of nitrogens with zero attached hydrogens (tertiary/aromatic N) is 1. The van der Waals surface area contributed by atoms with E-state index >= 15 is 0 Å². The number of fused-ring (bicyclic) bond motifs is 5. The van der Waals surface area contributed by atoms with Gasteiger partial charge in [-0.2, -0.15) is 0 Å². The maximum Gasteiger partial charge on any atom is 0.411 e. The molecule has 2 aliphatic heterocycles. The molecular formula is C23H27BrN2O2. The zero-order valence-electron chi connectivity index (χ0n) is 16.3. The molecule has 1 amide bonds. The second-order valence-electron chi connectivity index (χ2n) is 8.86. The van der Waals surface area contributed by atoms with Crippen molar-refractivity contribution in [1.29, 1.82) is 0 Å². The summed E-state index contributed by atoms with van der Waals surface area (Å²) in [7, 11) is 4.71. The van der Waals surface area contributed by atoms with Crippen molar-refractivity contribution < 1.29 is 31.0 Å². The number of hydrogen-bond donors (Lipinski definition) is 1. The van der Waals surface area contributed by atoms with Gasteiger partial charge in [0.2, 0.25) is 0 Å². The Morgan fingerprint density at radius 3 is 2.21 bits per heavy atom. The van der Waals surface area contributed by atoms with Gasteiger partial charge in [0.25, 0.3) is 0 Å². The second kappa shape index (κ2) is 7.20. The minimum Gasteiger partial charge on any atom is -1.00 e. The SMILES string of the molecule is C[N+]1(C)[C@@H]2CC(OC(=O)Nc3ccccc3-c3ccccc3)C[C@H]1C1CC12.[Br-]. The summed E-state index contributed by atoms with van der Waals surface area (Å²) < 4.78 is 6.99. The fourth-order valence-electron chi connectivity index (χ4n) is 5.73. The topological polar surface area (TPSA) is 38.3 Å². The zero-order chi connectivity index (χ0) is 18.6. The van der Waals surface area contributed by atoms with Gasteiger partial charge < -0.3 is 26.2 Å². The molecule has 2 heterocycles. The van der Waals surface area contributed by atoms with Crippen molar-refractivity contribution in [1.82, 2.24) is 0 Å². The summed E-state index contributed by atoms with van der Waals surface area (Å²) in [5.41, 5.74) is 2.90. The van der Waals surface area contributed by atoms with E-state index in [4.69, 9.17) is 4.74 Å². The molecule has 28 heavy (non-hydrogen) atoms. The van der Waals surface area contributed by atoms with Crippen molar-refractivity contribution in [3.63, 3.8) is 0 Å². The van der Waals surface area contributed by atoms with Gasteiger partial charge in [0.05, 0.1) is 31.9 Å². The normalized spacial score (nSPS) is 31.3. The van der Waals surface area contributed by atoms with Crippen LogP contribution in [0, 0.1) is 11.8 Å². The summed E-state index contributed by atoms with van der Waals surface area (Å²) in [6.45, 7) is 0. The average Bonchev–Trinajstić information content (AvgIpc) is 3.41. The van der Waals surface area contributed by atoms with E-state index in [0.29, 0.717) is 12.1 Å². The van der Waals surface area contributed by atoms with E-state index in [1.807, 2.05) is 42.5 Å². The first-order valence-corrected chi connectivity index (χ1v) is 9.99. The highest BCUT2D eigenvalue weighted by molar-refractivity contribution is 5.91. The molecule has 2 aromatic carbocycles. The maximum atomic E-state index is 12.6. The third-order valence-corrected chi connectivity index (χ3v) is 7.12. The highest BCUT2D eigenvalue weighted by atomic mass is 79.9. The van der Waals surface area contributed by atoms with Crippen LogP contribution < -0.4 is 22.3 Å². The highest BCUT2D eigenvalue weighted by Gasteiger charge is 2.68. The number of carbonyl (C=O) groups is 1. The molecular weight excluding hydrogens is 416 g/mol. The van der Waals surface area contributed by atoms with Crippen LogP contribution in [-0.4, -0.2) is 42.9 Å². The van der Waals surface area contributed by atoms with Crippen LogP contribution >= 0.6 is 0 Å². The molecule has 2 bridgehead atoms. The third-order valence-electron chi connectivity index (χ3n) is 7.12. The number of anilines is 1. The van der Waals surface area contributed by atoms with Crippen molar-refractivity contribution in [3.8, 4) is 11.1 Å². The summed E-state index contributed by atoms with van der Waals surface area (Å²) in [4.78, 5) is 12.6. The molecule has 5 rings (SSSR count). The first kappa shape index (κ1) is 19.5. The van der Waals surface area contributed by atoms with Crippen LogP contribution in [0.5, 0.6) is 0 Å². The molecule has 0 radical (unpaired) electrons. The Balaban J connectivity index is 0.00000192. The lowest BCUT2D eigenvalue weighted by Gasteiger charge is -2.46. The summed E-state index contributed by atoms with van der Waals surface area (Å²) in [5, 5.41) is 2.98. The van der Waals surface area contributed by atoms with Gasteiger partial charge in [-0.25, -0.2) is 4.79 Å². The predicted octanol–water partition coefficient (Wildman–Crippen LogP) is 1.53. The number of carbonyl (C=O) groups excluding carboxylic acids is 1. The smallest absolute Gasteiger partial charge is 0.411 e. The predicted molar refractivity (Wildman–Crippen MR) is 106 cm³/mol. The fourth-order valence-corrected chi connectivity index (χ4v) is 5.73. The van der Waals surface area contributed by atoms with Crippen molar-refractivity contribution >= 4 is 11.8 Å². The third kappa shape index (κ3) is 3.25. The standard InChI is InChI=1S/C23H26N2O2.BrH/c1-25(2)21-12-16(13-22(25)19-14-18(19)21)27-23(26)24-20-11-7-6-10-17(20)15-8-4-3-5-9-15;/h3-11,16,18-19,21-22H,12-14H2,1-2H3;1H/t16?,18?,19?,21-,22+;. The molecule has 148 valence electrons. The number of benzene rings is 2. The van der Waals surface area contributed by atoms with Gasteiger partial charge in [-0.15, -0.1) is 0 Å². The van der Waals surface area contributed by atoms with E-state index in [0.717, 1.165) is 46.0 Å². The Kier molecular flexibility index (Phi) is 5.00. The molecule has 1 N–H and O–H groups in total. The lowest BCUT2D eigenvalue weighted by molar-refractivity contribution is -0.937. The molecule has 5 atom stereocenters. The number of ether oxygens (including phenoxy) is 1. The van der Waals surface area contributed by atoms with Crippen LogP contribution in [0.15, 0.2) is 54.6 Å². The number of piperidine rings is 2. The number of nitrogens with one attached hydrogen (secondary N) is 1. The minimum atomic E-state index is -0.330. The Morgan fingerprint density at radius 1 is 0.929 bits per heavy atom. The molecule has 0 spiro atoms. The quantitative estimate of drug-likeness (QED) is 0.731. The Labute approximate surface area is 177 Å². The number of quaternary nitrogens is 1. The van der Waals surface area contributed by atoms with Crippen LogP contribution in [0.25, 0.3) is 11.1 Å². The Morgan fingerprint density at radius 2 is 1.54 bits per heavy atom. The molecule has 4 nitrogen and oxygen atoms in total. The largest absolute Gasteiger partial charge is 1.00 e. The average molecular weight is 443 g/mol. The van der Waals surface area contributed by atoms with Gasteiger partial charge in [0.1, 0.15) is 6.10 Å². The first-order valence-electron chi connectivity index (χ1n) is 9.99. The van der Waals surface area contributed by atoms with E-state index < -0.39 is 0 Å². The minimum absolute atomic E-state index is 0. The number of para-hydroxylation sites is 1. The lowest BCUT2D eigenvalue weighted by Crippen LogP contribution is -3.00. The van der Waals surface area contributed by atoms with Gasteiger partial charge in [-0.05, 0) is 18.1 Å². The monoisotopic (exact) mass is 442 g/mol. The van der Waals surface area contributed by atoms with E-state index in [1.54, 1.807) is 0 Å². The van der Waals surface area contributed by atoms with Crippen LogP contribution in [0.1, 0.15) is 19.3 Å². The second-order valence-corrected chi connectivity index (χ2v) is 8.86. The van der Waals surface area contributed by atoms with Crippen LogP contribution in [-0.2, 0) is 4.74 Å². The molecule has 3 unspecified atom stereocenters. The summed E-state index contributed by atoms with van der Waals surface area (Å²) in [6.07, 6.45) is 3.10. The van der Waals surface area contributed by atoms with Crippen molar-refractivity contribution in [3.05, 3.63) is 54.6 Å². The van der Waals surface area contributed by atoms with Crippen LogP contribution in [0.4, 0.5) is 10.5 Å². The van der Waals surface area contributed by atoms with E-state index in [9.17, 15) is 4.79 Å². The molecule has 2 aromatic rings. The van der Waals surface area contributed by atoms with Gasteiger partial charge in [0.15, 0.2) is 0 Å². The van der Waals surface area contributed by atoms with Gasteiger partial charge >= 0.3 is 6.09 Å². The van der Waals surface area contributed by atoms with Crippen LogP contribution in [0.3, 0.4) is 0 Å². The molecule has 5 heteroatoms. The van der Waals surface area contributed by atoms with Crippen molar-refractivity contribution in [2.24, 2.45) is 11.8 Å². The first-order chi connectivity index (χ1) is 13.0. The van der Waals surface area contributed by atoms with E-state index in [2.05, 4.69) is 31.5 Å². The van der Waals surface area contributed by atoms with Gasteiger partial charge in [-0.3, -0.25) is 5.32 Å². The molecule has 1 aliphatic carbocycles. The molecule has 1 saturated carbocycles. The number of hydrogen-bond acceptors (Lipinski definition) is 2. The zero-order valence-corrected chi connectivity index (χ0v) is 17.9. The Bertz CT molecular complexity index is 850. The Hall–Kier alpha value is -1.85. The fraction of sp³-hybridized carbons (Fsp3) is 0.435. The van der Waals surface area contributed by atoms with E-state index in [1.165, 1.54) is 6.42 Å². The summed E-state index contributed by atoms with van der Waals surface area (Å²) in [5.74, 6) is 1.72. The highest BCUT2D eigenvalue weighted by Crippen LogP contribution is 2.60. The molecule has 3 aliphatic rings. The number of rotatable bonds is 3. The van der Waals surface area contributed by atoms with Crippen LogP contribution in [0.2, 0.25) is 0 Å². The maximum absolute atomic E-state index is 12.6. The lowest BCUT2D eigenvalue weighted by atomic mass is 9.93. The summed E-state index contributed by atoms with van der Waals surface area (Å²) >= 11 is 0. The van der Waals surface area contributed by atoms with Crippen molar-refractivity contribution in [2.75, 3.05) is 19.4 Å². The van der Waals surface area contributed by atoms with Gasteiger partial charge in [0, 0.05) is 30.2 Å². The summed E-state index contributed by atoms with van der Waals surface area (Å²) in [6, 6.07) is 19.3. The molecule has 3 fully saturated rings.